The van der Waals surface area contributed by atoms with E-state index in [2.05, 4.69) is 5.32 Å². The molecule has 0 aliphatic heterocycles. The lowest BCUT2D eigenvalue weighted by Gasteiger charge is -2.30. The van der Waals surface area contributed by atoms with Crippen molar-refractivity contribution in [3.63, 3.8) is 0 Å². The number of rotatable bonds is 6. The molecule has 0 radical (unpaired) electrons. The van der Waals surface area contributed by atoms with Crippen molar-refractivity contribution in [2.24, 2.45) is 0 Å². The van der Waals surface area contributed by atoms with Crippen LogP contribution in [0.25, 0.3) is 0 Å². The molecule has 2 aromatic rings. The van der Waals surface area contributed by atoms with Crippen molar-refractivity contribution in [1.82, 2.24) is 0 Å². The van der Waals surface area contributed by atoms with Gasteiger partial charge in [-0.1, -0.05) is 39.0 Å². The Labute approximate surface area is 160 Å². The molecular weight excluding hydrogens is 367 g/mol. The maximum absolute atomic E-state index is 12.9. The van der Waals surface area contributed by atoms with Gasteiger partial charge in [0.2, 0.25) is 15.9 Å². The molecule has 2 rings (SSSR count). The van der Waals surface area contributed by atoms with Gasteiger partial charge in [-0.05, 0) is 41.3 Å². The first-order valence-electron chi connectivity index (χ1n) is 8.61. The van der Waals surface area contributed by atoms with Crippen LogP contribution in [0.1, 0.15) is 32.8 Å². The third-order valence-corrected chi connectivity index (χ3v) is 5.23. The highest BCUT2D eigenvalue weighted by molar-refractivity contribution is 7.92. The summed E-state index contributed by atoms with van der Waals surface area (Å²) in [5, 5.41) is 2.65. The molecule has 5 nitrogen and oxygen atoms in total. The minimum absolute atomic E-state index is 0.0129. The summed E-state index contributed by atoms with van der Waals surface area (Å²) in [6, 6.07) is 12.7. The minimum atomic E-state index is -3.57. The molecule has 2 aromatic carbocycles. The molecule has 0 spiro atoms. The van der Waals surface area contributed by atoms with Crippen LogP contribution in [0.3, 0.4) is 0 Å². The van der Waals surface area contributed by atoms with Crippen molar-refractivity contribution in [2.45, 2.75) is 32.6 Å². The first-order chi connectivity index (χ1) is 12.5. The lowest BCUT2D eigenvalue weighted by Crippen LogP contribution is -2.34. The van der Waals surface area contributed by atoms with Gasteiger partial charge < -0.3 is 5.32 Å². The Bertz CT molecular complexity index is 904. The molecule has 7 heteroatoms. The van der Waals surface area contributed by atoms with Crippen molar-refractivity contribution >= 4 is 27.3 Å². The topological polar surface area (TPSA) is 66.5 Å². The third-order valence-electron chi connectivity index (χ3n) is 4.05. The van der Waals surface area contributed by atoms with E-state index in [0.717, 1.165) is 11.8 Å². The number of benzene rings is 2. The molecule has 0 aliphatic carbocycles. The number of nitrogens with zero attached hydrogens (tertiary/aromatic N) is 1. The van der Waals surface area contributed by atoms with Gasteiger partial charge in [-0.3, -0.25) is 9.10 Å². The first-order valence-corrected chi connectivity index (χ1v) is 10.5. The van der Waals surface area contributed by atoms with E-state index in [9.17, 15) is 17.6 Å². The molecule has 1 amide bonds. The van der Waals surface area contributed by atoms with Crippen LogP contribution in [0.4, 0.5) is 15.8 Å². The van der Waals surface area contributed by atoms with Gasteiger partial charge in [0.05, 0.1) is 11.9 Å². The van der Waals surface area contributed by atoms with Crippen LogP contribution < -0.4 is 9.62 Å². The number of carbonyl (C=O) groups is 1. The van der Waals surface area contributed by atoms with E-state index in [1.807, 2.05) is 32.9 Å². The summed E-state index contributed by atoms with van der Waals surface area (Å²) in [7, 11) is -3.57. The molecule has 0 aromatic heterocycles. The first kappa shape index (κ1) is 20.9. The number of anilines is 2. The molecule has 0 bridgehead atoms. The molecule has 0 aliphatic rings. The van der Waals surface area contributed by atoms with Crippen LogP contribution in [0, 0.1) is 5.82 Å². The highest BCUT2D eigenvalue weighted by Crippen LogP contribution is 2.33. The van der Waals surface area contributed by atoms with Crippen LogP contribution in [-0.4, -0.2) is 27.1 Å². The molecule has 0 saturated carbocycles. The predicted molar refractivity (Wildman–Crippen MR) is 107 cm³/mol. The normalized spacial score (nSPS) is 11.9. The van der Waals surface area contributed by atoms with Gasteiger partial charge in [-0.25, -0.2) is 12.8 Å². The Morgan fingerprint density at radius 1 is 1.07 bits per heavy atom. The summed E-state index contributed by atoms with van der Waals surface area (Å²) in [5.41, 5.74) is 1.66. The van der Waals surface area contributed by atoms with E-state index >= 15 is 0 Å². The van der Waals surface area contributed by atoms with Crippen LogP contribution in [0.5, 0.6) is 0 Å². The molecule has 0 unspecified atom stereocenters. The van der Waals surface area contributed by atoms with E-state index in [1.165, 1.54) is 28.6 Å². The zero-order chi connectivity index (χ0) is 20.2. The number of para-hydroxylation sites is 1. The zero-order valence-corrected chi connectivity index (χ0v) is 16.8. The fourth-order valence-corrected chi connectivity index (χ4v) is 3.69. The predicted octanol–water partition coefficient (Wildman–Crippen LogP) is 3.92. The second-order valence-electron chi connectivity index (χ2n) is 7.41. The van der Waals surface area contributed by atoms with Crippen molar-refractivity contribution < 1.29 is 17.6 Å². The lowest BCUT2D eigenvalue weighted by molar-refractivity contribution is -0.116. The van der Waals surface area contributed by atoms with Crippen LogP contribution in [0.2, 0.25) is 0 Å². The molecule has 0 atom stereocenters. The number of sulfonamides is 1. The fourth-order valence-electron chi connectivity index (χ4n) is 2.75. The number of carbonyl (C=O) groups excluding carboxylic acids is 1. The zero-order valence-electron chi connectivity index (χ0n) is 16.0. The molecule has 1 N–H and O–H groups in total. The molecule has 0 fully saturated rings. The summed E-state index contributed by atoms with van der Waals surface area (Å²) >= 11 is 0. The number of nitrogens with one attached hydrogen (secondary N) is 1. The van der Waals surface area contributed by atoms with Gasteiger partial charge in [0, 0.05) is 18.7 Å². The Morgan fingerprint density at radius 2 is 1.67 bits per heavy atom. The van der Waals surface area contributed by atoms with E-state index in [0.29, 0.717) is 11.4 Å². The second kappa shape index (κ2) is 8.08. The maximum Gasteiger partial charge on any atom is 0.232 e. The van der Waals surface area contributed by atoms with E-state index in [1.54, 1.807) is 12.1 Å². The van der Waals surface area contributed by atoms with Gasteiger partial charge in [0.1, 0.15) is 5.82 Å². The van der Waals surface area contributed by atoms with Gasteiger partial charge in [0.25, 0.3) is 0 Å². The van der Waals surface area contributed by atoms with Crippen molar-refractivity contribution in [3.8, 4) is 0 Å². The summed E-state index contributed by atoms with van der Waals surface area (Å²) in [6.45, 7) is 6.04. The van der Waals surface area contributed by atoms with Gasteiger partial charge in [-0.15, -0.1) is 0 Å². The van der Waals surface area contributed by atoms with Gasteiger partial charge in [-0.2, -0.15) is 0 Å². The van der Waals surface area contributed by atoms with Crippen molar-refractivity contribution in [1.29, 1.82) is 0 Å². The third kappa shape index (κ3) is 5.79. The minimum Gasteiger partial charge on any atom is -0.326 e. The molecule has 27 heavy (non-hydrogen) atoms. The fraction of sp³-hybridized carbons (Fsp3) is 0.350. The largest absolute Gasteiger partial charge is 0.326 e. The molecule has 146 valence electrons. The number of hydrogen-bond donors (Lipinski definition) is 1. The van der Waals surface area contributed by atoms with E-state index < -0.39 is 15.8 Å². The number of hydrogen-bond acceptors (Lipinski definition) is 3. The van der Waals surface area contributed by atoms with Gasteiger partial charge in [0.15, 0.2) is 0 Å². The van der Waals surface area contributed by atoms with Crippen LogP contribution in [-0.2, 0) is 20.2 Å². The average molecular weight is 392 g/mol. The molecule has 0 saturated heterocycles. The highest BCUT2D eigenvalue weighted by Gasteiger charge is 2.25. The Morgan fingerprint density at radius 3 is 2.22 bits per heavy atom. The number of amides is 1. The van der Waals surface area contributed by atoms with Crippen LogP contribution in [0.15, 0.2) is 48.5 Å². The lowest BCUT2D eigenvalue weighted by atomic mass is 9.86. The summed E-state index contributed by atoms with van der Waals surface area (Å²) in [5.74, 6) is -0.737. The van der Waals surface area contributed by atoms with E-state index in [4.69, 9.17) is 0 Å². The Hall–Kier alpha value is -2.41. The second-order valence-corrected chi connectivity index (χ2v) is 9.31. The van der Waals surface area contributed by atoms with Crippen molar-refractivity contribution in [3.05, 3.63) is 59.9 Å². The quantitative estimate of drug-likeness (QED) is 0.810. The summed E-state index contributed by atoms with van der Waals surface area (Å²) < 4.78 is 39.0. The number of halogens is 1. The summed E-state index contributed by atoms with van der Waals surface area (Å²) in [4.78, 5) is 12.2. The average Bonchev–Trinajstić information content (AvgIpc) is 2.55. The Balaban J connectivity index is 2.20. The summed E-state index contributed by atoms with van der Waals surface area (Å²) in [6.07, 6.45) is 1.10. The SMILES string of the molecule is CC(C)(C)c1ccccc1N(CCC(=O)Nc1ccc(F)cc1)S(C)(=O)=O. The van der Waals surface area contributed by atoms with Crippen LogP contribution >= 0.6 is 0 Å². The van der Waals surface area contributed by atoms with Gasteiger partial charge >= 0.3 is 0 Å². The van der Waals surface area contributed by atoms with Crippen molar-refractivity contribution in [2.75, 3.05) is 22.4 Å². The smallest absolute Gasteiger partial charge is 0.232 e. The maximum atomic E-state index is 12.9. The molecular formula is C20H25FN2O3S. The van der Waals surface area contributed by atoms with E-state index in [-0.39, 0.29) is 24.3 Å². The monoisotopic (exact) mass is 392 g/mol. The highest BCUT2D eigenvalue weighted by atomic mass is 32.2. The standard InChI is InChI=1S/C20H25FN2O3S/c1-20(2,3)17-7-5-6-8-18(17)23(27(4,25)26)14-13-19(24)22-16-11-9-15(21)10-12-16/h5-12H,13-14H2,1-4H3,(H,22,24). The molecule has 0 heterocycles. The Kier molecular flexibility index (Phi) is 6.26.